The van der Waals surface area contributed by atoms with Gasteiger partial charge in [-0.3, -0.25) is 4.98 Å². The van der Waals surface area contributed by atoms with E-state index in [1.54, 1.807) is 12.1 Å². The van der Waals surface area contributed by atoms with Gasteiger partial charge < -0.3 is 4.18 Å². The number of pyridine rings is 1. The van der Waals surface area contributed by atoms with Crippen molar-refractivity contribution in [1.82, 2.24) is 4.98 Å². The monoisotopic (exact) mass is 397 g/mol. The van der Waals surface area contributed by atoms with Gasteiger partial charge in [0.25, 0.3) is 0 Å². The molecule has 0 bridgehead atoms. The molecule has 0 aliphatic rings. The molecule has 2 aromatic rings. The van der Waals surface area contributed by atoms with Gasteiger partial charge in [-0.25, -0.2) is 0 Å². The maximum absolute atomic E-state index is 12.5. The summed E-state index contributed by atoms with van der Waals surface area (Å²) in [6, 6.07) is 4.50. The number of aryl methyl sites for hydroxylation is 2. The lowest BCUT2D eigenvalue weighted by molar-refractivity contribution is -0.0499. The third-order valence-corrected chi connectivity index (χ3v) is 4.48. The quantitative estimate of drug-likeness (QED) is 0.577. The molecule has 0 unspecified atom stereocenters. The molecule has 0 saturated carbocycles. The second kappa shape index (κ2) is 5.69. The fourth-order valence-corrected chi connectivity index (χ4v) is 2.94. The predicted molar refractivity (Wildman–Crippen MR) is 79.2 cm³/mol. The van der Waals surface area contributed by atoms with Crippen LogP contribution in [-0.2, 0) is 16.5 Å². The molecule has 0 spiro atoms. The minimum atomic E-state index is -5.73. The van der Waals surface area contributed by atoms with Crippen molar-refractivity contribution in [2.75, 3.05) is 0 Å². The van der Waals surface area contributed by atoms with E-state index >= 15 is 0 Å². The van der Waals surface area contributed by atoms with Crippen LogP contribution >= 0.6 is 15.9 Å². The van der Waals surface area contributed by atoms with Crippen molar-refractivity contribution >= 4 is 37.0 Å². The lowest BCUT2D eigenvalue weighted by atomic mass is 10.1. The molecule has 0 radical (unpaired) electrons. The van der Waals surface area contributed by atoms with Crippen molar-refractivity contribution in [1.29, 1.82) is 0 Å². The van der Waals surface area contributed by atoms with Crippen LogP contribution in [0.4, 0.5) is 13.2 Å². The van der Waals surface area contributed by atoms with Gasteiger partial charge in [0.2, 0.25) is 0 Å². The zero-order valence-electron chi connectivity index (χ0n) is 11.5. The van der Waals surface area contributed by atoms with E-state index in [2.05, 4.69) is 25.1 Å². The van der Waals surface area contributed by atoms with Gasteiger partial charge in [-0.15, -0.1) is 0 Å². The van der Waals surface area contributed by atoms with Crippen LogP contribution in [0.5, 0.6) is 5.75 Å². The maximum Gasteiger partial charge on any atom is 0.534 e. The SMILES string of the molecule is CCc1cc(Br)c2nc(C)cc(OS(=O)(=O)C(F)(F)F)c2c1. The third kappa shape index (κ3) is 3.19. The van der Waals surface area contributed by atoms with Crippen LogP contribution in [0.25, 0.3) is 10.9 Å². The Kier molecular flexibility index (Phi) is 4.40. The Bertz CT molecular complexity index is 835. The summed E-state index contributed by atoms with van der Waals surface area (Å²) in [6.07, 6.45) is 0.619. The Labute approximate surface area is 133 Å². The lowest BCUT2D eigenvalue weighted by Gasteiger charge is -2.13. The van der Waals surface area contributed by atoms with Crippen LogP contribution < -0.4 is 4.18 Å². The molecule has 0 aliphatic carbocycles. The van der Waals surface area contributed by atoms with E-state index < -0.39 is 21.4 Å². The van der Waals surface area contributed by atoms with Gasteiger partial charge in [0, 0.05) is 21.6 Å². The average Bonchev–Trinajstić information content (AvgIpc) is 2.37. The van der Waals surface area contributed by atoms with Gasteiger partial charge in [0.1, 0.15) is 0 Å². The third-order valence-electron chi connectivity index (χ3n) is 2.91. The highest BCUT2D eigenvalue weighted by Crippen LogP contribution is 2.35. The summed E-state index contributed by atoms with van der Waals surface area (Å²) in [4.78, 5) is 4.20. The van der Waals surface area contributed by atoms with Gasteiger partial charge in [-0.05, 0) is 47.0 Å². The molecule has 0 fully saturated rings. The standard InChI is InChI=1S/C13H11BrF3NO3S/c1-3-8-5-9-11(21-22(19,20)13(15,16)17)4-7(2)18-12(9)10(14)6-8/h4-6H,3H2,1-2H3. The number of rotatable bonds is 3. The fraction of sp³-hybridized carbons (Fsp3) is 0.308. The Balaban J connectivity index is 2.71. The van der Waals surface area contributed by atoms with Crippen molar-refractivity contribution in [2.45, 2.75) is 25.8 Å². The fourth-order valence-electron chi connectivity index (χ4n) is 1.87. The summed E-state index contributed by atoms with van der Waals surface area (Å²) in [6.45, 7) is 3.40. The van der Waals surface area contributed by atoms with E-state index in [0.717, 1.165) is 11.6 Å². The second-order valence-electron chi connectivity index (χ2n) is 4.57. The number of fused-ring (bicyclic) bond motifs is 1. The topological polar surface area (TPSA) is 56.3 Å². The molecular formula is C13H11BrF3NO3S. The van der Waals surface area contributed by atoms with Gasteiger partial charge in [-0.2, -0.15) is 21.6 Å². The summed E-state index contributed by atoms with van der Waals surface area (Å²) in [5.74, 6) is -0.393. The van der Waals surface area contributed by atoms with E-state index in [-0.39, 0.29) is 5.39 Å². The molecule has 1 aromatic heterocycles. The van der Waals surface area contributed by atoms with E-state index in [1.165, 1.54) is 6.92 Å². The van der Waals surface area contributed by atoms with E-state index in [9.17, 15) is 21.6 Å². The van der Waals surface area contributed by atoms with Gasteiger partial charge >= 0.3 is 15.6 Å². The lowest BCUT2D eigenvalue weighted by Crippen LogP contribution is -2.28. The molecule has 0 saturated heterocycles. The normalized spacial score (nSPS) is 12.6. The molecule has 0 atom stereocenters. The number of halogens is 4. The van der Waals surface area contributed by atoms with E-state index in [4.69, 9.17) is 0 Å². The minimum absolute atomic E-state index is 0.199. The molecule has 1 heterocycles. The summed E-state index contributed by atoms with van der Waals surface area (Å²) in [7, 11) is -5.73. The molecule has 4 nitrogen and oxygen atoms in total. The Morgan fingerprint density at radius 1 is 1.27 bits per heavy atom. The van der Waals surface area contributed by atoms with Crippen molar-refractivity contribution in [2.24, 2.45) is 0 Å². The van der Waals surface area contributed by atoms with Gasteiger partial charge in [0.15, 0.2) is 5.75 Å². The van der Waals surface area contributed by atoms with Crippen LogP contribution in [0.1, 0.15) is 18.2 Å². The highest BCUT2D eigenvalue weighted by atomic mass is 79.9. The van der Waals surface area contributed by atoms with E-state index in [1.807, 2.05) is 6.92 Å². The van der Waals surface area contributed by atoms with E-state index in [0.29, 0.717) is 22.1 Å². The summed E-state index contributed by atoms with van der Waals surface area (Å²) in [5.41, 5.74) is -4.01. The zero-order valence-corrected chi connectivity index (χ0v) is 13.9. The van der Waals surface area contributed by atoms with Crippen molar-refractivity contribution < 1.29 is 25.8 Å². The van der Waals surface area contributed by atoms with Crippen LogP contribution in [0.2, 0.25) is 0 Å². The summed E-state index contributed by atoms with van der Waals surface area (Å²) in [5, 5.41) is 0.199. The molecule has 9 heteroatoms. The van der Waals surface area contributed by atoms with Crippen LogP contribution in [0.15, 0.2) is 22.7 Å². The van der Waals surface area contributed by atoms with Crippen molar-refractivity contribution in [3.05, 3.63) is 33.9 Å². The second-order valence-corrected chi connectivity index (χ2v) is 6.96. The molecular weight excluding hydrogens is 387 g/mol. The maximum atomic E-state index is 12.5. The van der Waals surface area contributed by atoms with Crippen LogP contribution in [-0.4, -0.2) is 18.9 Å². The molecule has 1 aromatic carbocycles. The van der Waals surface area contributed by atoms with Gasteiger partial charge in [0.05, 0.1) is 5.52 Å². The largest absolute Gasteiger partial charge is 0.534 e. The number of benzene rings is 1. The smallest absolute Gasteiger partial charge is 0.375 e. The predicted octanol–water partition coefficient (Wildman–Crippen LogP) is 4.10. The number of hydrogen-bond acceptors (Lipinski definition) is 4. The van der Waals surface area contributed by atoms with Crippen molar-refractivity contribution in [3.8, 4) is 5.75 Å². The van der Waals surface area contributed by atoms with Crippen LogP contribution in [0, 0.1) is 6.92 Å². The number of hydrogen-bond donors (Lipinski definition) is 0. The molecule has 0 aliphatic heterocycles. The number of aromatic nitrogens is 1. The first kappa shape index (κ1) is 17.0. The van der Waals surface area contributed by atoms with Crippen LogP contribution in [0.3, 0.4) is 0 Å². The summed E-state index contributed by atoms with van der Waals surface area (Å²) >= 11 is 3.29. The number of nitrogens with zero attached hydrogens (tertiary/aromatic N) is 1. The molecule has 22 heavy (non-hydrogen) atoms. The van der Waals surface area contributed by atoms with Crippen molar-refractivity contribution in [3.63, 3.8) is 0 Å². The molecule has 0 amide bonds. The first-order chi connectivity index (χ1) is 10.0. The average molecular weight is 398 g/mol. The molecule has 2 rings (SSSR count). The van der Waals surface area contributed by atoms with Gasteiger partial charge in [-0.1, -0.05) is 6.92 Å². The number of alkyl halides is 3. The Morgan fingerprint density at radius 2 is 1.91 bits per heavy atom. The highest BCUT2D eigenvalue weighted by Gasteiger charge is 2.48. The first-order valence-electron chi connectivity index (χ1n) is 6.15. The molecule has 0 N–H and O–H groups in total. The Morgan fingerprint density at radius 3 is 2.45 bits per heavy atom. The first-order valence-corrected chi connectivity index (χ1v) is 8.36. The molecule has 120 valence electrons. The zero-order chi connectivity index (χ0) is 16.7. The summed E-state index contributed by atoms with van der Waals surface area (Å²) < 4.78 is 64.8. The Hall–Kier alpha value is -1.35. The highest BCUT2D eigenvalue weighted by molar-refractivity contribution is 9.10. The minimum Gasteiger partial charge on any atom is -0.375 e.